The Kier molecular flexibility index (Phi) is 6.53. The third-order valence-electron chi connectivity index (χ3n) is 3.29. The van der Waals surface area contributed by atoms with Crippen molar-refractivity contribution in [3.8, 4) is 0 Å². The highest BCUT2D eigenvalue weighted by Gasteiger charge is 2.29. The molecule has 0 aromatic rings. The Balaban J connectivity index is 2.62. The lowest BCUT2D eigenvalue weighted by Gasteiger charge is -2.25. The highest BCUT2D eigenvalue weighted by atomic mass is 16.6. The molecule has 0 bridgehead atoms. The Bertz CT molecular complexity index is 484. The summed E-state index contributed by atoms with van der Waals surface area (Å²) in [5, 5.41) is 7.68. The Morgan fingerprint density at radius 2 is 2.13 bits per heavy atom. The van der Waals surface area contributed by atoms with Crippen LogP contribution in [0.2, 0.25) is 0 Å². The minimum absolute atomic E-state index is 0.103. The van der Waals surface area contributed by atoms with Gasteiger partial charge in [0.2, 0.25) is 5.91 Å². The molecule has 8 heteroatoms. The zero-order valence-corrected chi connectivity index (χ0v) is 14.3. The first-order chi connectivity index (χ1) is 10.6. The number of rotatable bonds is 5. The standard InChI is InChI=1S/C15H25N3O5/c1-15(2,3)23-14(21)17-11(13(20)22-5)7-6-10-8-9-16-18(4)12(10)19/h9-11H,6-8H2,1-5H3,(H,17,21)/t10?,11-/m0/s1. The van der Waals surface area contributed by atoms with Gasteiger partial charge in [-0.1, -0.05) is 0 Å². The highest BCUT2D eigenvalue weighted by molar-refractivity contribution is 5.85. The fraction of sp³-hybridized carbons (Fsp3) is 0.733. The monoisotopic (exact) mass is 327 g/mol. The maximum atomic E-state index is 12.0. The molecule has 1 N–H and O–H groups in total. The number of carbonyl (C=O) groups is 3. The largest absolute Gasteiger partial charge is 0.467 e. The van der Waals surface area contributed by atoms with Gasteiger partial charge in [0.05, 0.1) is 7.11 Å². The Morgan fingerprint density at radius 1 is 1.48 bits per heavy atom. The highest BCUT2D eigenvalue weighted by Crippen LogP contribution is 2.19. The summed E-state index contributed by atoms with van der Waals surface area (Å²) in [7, 11) is 2.83. The van der Waals surface area contributed by atoms with Gasteiger partial charge in [0, 0.05) is 19.2 Å². The molecule has 0 spiro atoms. The quantitative estimate of drug-likeness (QED) is 0.768. The van der Waals surface area contributed by atoms with Crippen molar-refractivity contribution in [3.63, 3.8) is 0 Å². The molecule has 1 unspecified atom stereocenters. The molecule has 8 nitrogen and oxygen atoms in total. The minimum atomic E-state index is -0.855. The van der Waals surface area contributed by atoms with Crippen LogP contribution in [-0.2, 0) is 19.1 Å². The fourth-order valence-corrected chi connectivity index (χ4v) is 2.17. The Hall–Kier alpha value is -2.12. The second-order valence-corrected chi connectivity index (χ2v) is 6.39. The summed E-state index contributed by atoms with van der Waals surface area (Å²) >= 11 is 0. The van der Waals surface area contributed by atoms with Crippen LogP contribution in [0.1, 0.15) is 40.0 Å². The van der Waals surface area contributed by atoms with Crippen LogP contribution < -0.4 is 5.32 Å². The molecular weight excluding hydrogens is 302 g/mol. The smallest absolute Gasteiger partial charge is 0.408 e. The number of amides is 2. The maximum Gasteiger partial charge on any atom is 0.408 e. The molecule has 1 aliphatic heterocycles. The van der Waals surface area contributed by atoms with Crippen molar-refractivity contribution in [2.24, 2.45) is 11.0 Å². The number of hydrazone groups is 1. The van der Waals surface area contributed by atoms with Gasteiger partial charge in [0.1, 0.15) is 11.6 Å². The van der Waals surface area contributed by atoms with E-state index in [0.29, 0.717) is 12.8 Å². The van der Waals surface area contributed by atoms with Gasteiger partial charge in [0.25, 0.3) is 0 Å². The third kappa shape index (κ3) is 6.25. The Morgan fingerprint density at radius 3 is 2.70 bits per heavy atom. The van der Waals surface area contributed by atoms with Crippen LogP contribution in [0, 0.1) is 5.92 Å². The molecule has 1 heterocycles. The average molecular weight is 327 g/mol. The zero-order valence-electron chi connectivity index (χ0n) is 14.3. The van der Waals surface area contributed by atoms with E-state index in [-0.39, 0.29) is 18.2 Å². The van der Waals surface area contributed by atoms with E-state index in [0.717, 1.165) is 0 Å². The summed E-state index contributed by atoms with van der Waals surface area (Å²) < 4.78 is 9.84. The first-order valence-corrected chi connectivity index (χ1v) is 7.51. The van der Waals surface area contributed by atoms with Crippen molar-refractivity contribution in [1.29, 1.82) is 0 Å². The number of nitrogens with one attached hydrogen (secondary N) is 1. The average Bonchev–Trinajstić information content (AvgIpc) is 2.44. The number of alkyl carbamates (subject to hydrolysis) is 1. The molecule has 0 saturated heterocycles. The van der Waals surface area contributed by atoms with Gasteiger partial charge in [-0.3, -0.25) is 4.79 Å². The molecule has 23 heavy (non-hydrogen) atoms. The van der Waals surface area contributed by atoms with Crippen molar-refractivity contribution in [1.82, 2.24) is 10.3 Å². The molecule has 1 rings (SSSR count). The molecular formula is C15H25N3O5. The molecule has 2 amide bonds. The molecule has 2 atom stereocenters. The SMILES string of the molecule is COC(=O)[C@H](CCC1CC=NN(C)C1=O)NC(=O)OC(C)(C)C. The van der Waals surface area contributed by atoms with Crippen LogP contribution in [-0.4, -0.2) is 55.0 Å². The number of carbonyl (C=O) groups excluding carboxylic acids is 3. The molecule has 0 aromatic heterocycles. The number of esters is 1. The molecule has 0 aliphatic carbocycles. The minimum Gasteiger partial charge on any atom is -0.467 e. The number of nitrogens with zero attached hydrogens (tertiary/aromatic N) is 2. The lowest BCUT2D eigenvalue weighted by atomic mass is 9.95. The predicted molar refractivity (Wildman–Crippen MR) is 83.8 cm³/mol. The first-order valence-electron chi connectivity index (χ1n) is 7.51. The number of hydrogen-bond donors (Lipinski definition) is 1. The molecule has 1 aliphatic rings. The number of methoxy groups -OCH3 is 1. The van der Waals surface area contributed by atoms with Gasteiger partial charge < -0.3 is 14.8 Å². The molecule has 0 radical (unpaired) electrons. The van der Waals surface area contributed by atoms with Gasteiger partial charge in [0.15, 0.2) is 0 Å². The van der Waals surface area contributed by atoms with Gasteiger partial charge in [-0.05, 0) is 40.0 Å². The summed E-state index contributed by atoms with van der Waals surface area (Å²) in [5.74, 6) is -0.931. The van der Waals surface area contributed by atoms with Crippen LogP contribution in [0.15, 0.2) is 5.10 Å². The van der Waals surface area contributed by atoms with Crippen LogP contribution in [0.4, 0.5) is 4.79 Å². The van der Waals surface area contributed by atoms with Crippen LogP contribution in [0.5, 0.6) is 0 Å². The first kappa shape index (κ1) is 18.9. The maximum absolute atomic E-state index is 12.0. The lowest BCUT2D eigenvalue weighted by Crippen LogP contribution is -2.44. The van der Waals surface area contributed by atoms with E-state index in [1.54, 1.807) is 34.0 Å². The van der Waals surface area contributed by atoms with Crippen molar-refractivity contribution in [3.05, 3.63) is 0 Å². The van der Waals surface area contributed by atoms with Gasteiger partial charge in [-0.2, -0.15) is 5.10 Å². The number of hydrogen-bond acceptors (Lipinski definition) is 6. The van der Waals surface area contributed by atoms with Crippen LogP contribution >= 0.6 is 0 Å². The van der Waals surface area contributed by atoms with E-state index in [1.807, 2.05) is 0 Å². The summed E-state index contributed by atoms with van der Waals surface area (Å²) in [4.78, 5) is 35.6. The van der Waals surface area contributed by atoms with Crippen molar-refractivity contribution < 1.29 is 23.9 Å². The Labute approximate surface area is 136 Å². The van der Waals surface area contributed by atoms with Crippen molar-refractivity contribution >= 4 is 24.2 Å². The molecule has 130 valence electrons. The van der Waals surface area contributed by atoms with E-state index >= 15 is 0 Å². The van der Waals surface area contributed by atoms with E-state index in [9.17, 15) is 14.4 Å². The number of ether oxygens (including phenoxy) is 2. The van der Waals surface area contributed by atoms with E-state index < -0.39 is 23.7 Å². The van der Waals surface area contributed by atoms with E-state index in [1.165, 1.54) is 12.1 Å². The fourth-order valence-electron chi connectivity index (χ4n) is 2.17. The van der Waals surface area contributed by atoms with Crippen molar-refractivity contribution in [2.45, 2.75) is 51.7 Å². The second-order valence-electron chi connectivity index (χ2n) is 6.39. The normalized spacial score (nSPS) is 19.3. The molecule has 0 fully saturated rings. The van der Waals surface area contributed by atoms with Gasteiger partial charge >= 0.3 is 12.1 Å². The summed E-state index contributed by atoms with van der Waals surface area (Å²) in [5.41, 5.74) is -0.663. The van der Waals surface area contributed by atoms with Crippen LogP contribution in [0.25, 0.3) is 0 Å². The van der Waals surface area contributed by atoms with E-state index in [4.69, 9.17) is 9.47 Å². The van der Waals surface area contributed by atoms with E-state index in [2.05, 4.69) is 10.4 Å². The molecule has 0 aromatic carbocycles. The lowest BCUT2D eigenvalue weighted by molar-refractivity contribution is -0.144. The summed E-state index contributed by atoms with van der Waals surface area (Å²) in [6.07, 6.45) is 2.21. The van der Waals surface area contributed by atoms with Crippen molar-refractivity contribution in [2.75, 3.05) is 14.2 Å². The third-order valence-corrected chi connectivity index (χ3v) is 3.29. The van der Waals surface area contributed by atoms with Gasteiger partial charge in [-0.15, -0.1) is 0 Å². The predicted octanol–water partition coefficient (Wildman–Crippen LogP) is 1.30. The summed E-state index contributed by atoms with van der Waals surface area (Å²) in [6, 6.07) is -0.855. The topological polar surface area (TPSA) is 97.3 Å². The van der Waals surface area contributed by atoms with Crippen LogP contribution in [0.3, 0.4) is 0 Å². The van der Waals surface area contributed by atoms with Gasteiger partial charge in [-0.25, -0.2) is 14.6 Å². The summed E-state index contributed by atoms with van der Waals surface area (Å²) in [6.45, 7) is 5.20. The zero-order chi connectivity index (χ0) is 17.6. The second kappa shape index (κ2) is 7.94. The molecule has 0 saturated carbocycles.